The quantitative estimate of drug-likeness (QED) is 0.310. The Labute approximate surface area is 145 Å². The van der Waals surface area contributed by atoms with E-state index in [0.29, 0.717) is 19.8 Å². The van der Waals surface area contributed by atoms with Gasteiger partial charge in [-0.25, -0.2) is 4.98 Å². The number of hydrogen-bond donors (Lipinski definition) is 1. The van der Waals surface area contributed by atoms with Crippen molar-refractivity contribution in [1.82, 2.24) is 15.2 Å². The van der Waals surface area contributed by atoms with Crippen molar-refractivity contribution in [3.8, 4) is 0 Å². The molecule has 1 N–H and O–H groups in total. The van der Waals surface area contributed by atoms with Gasteiger partial charge in [-0.1, -0.05) is 25.1 Å². The van der Waals surface area contributed by atoms with Crippen molar-refractivity contribution in [2.45, 2.75) is 64.6 Å². The van der Waals surface area contributed by atoms with Crippen LogP contribution < -0.4 is 0 Å². The molecule has 0 aliphatic rings. The summed E-state index contributed by atoms with van der Waals surface area (Å²) in [5.41, 5.74) is 0. The van der Waals surface area contributed by atoms with Crippen LogP contribution in [0.15, 0.2) is 5.16 Å². The summed E-state index contributed by atoms with van der Waals surface area (Å²) in [6.45, 7) is 10.0. The molecule has 134 valence electrons. The lowest BCUT2D eigenvalue weighted by Crippen LogP contribution is -2.46. The number of aromatic nitrogens is 3. The van der Waals surface area contributed by atoms with Crippen LogP contribution in [-0.4, -0.2) is 49.6 Å². The fraction of sp³-hybridized carbons (Fsp3) is 0.867. The number of aryl methyl sites for hydroxylation is 1. The first-order chi connectivity index (χ1) is 11.2. The minimum Gasteiger partial charge on any atom is -0.374 e. The first kappa shape index (κ1) is 20.6. The number of hydrogen-bond acceptors (Lipinski definition) is 6. The van der Waals surface area contributed by atoms with Crippen molar-refractivity contribution in [2.75, 3.05) is 25.6 Å². The zero-order chi connectivity index (χ0) is 17.0. The fourth-order valence-electron chi connectivity index (χ4n) is 2.25. The third-order valence-corrected chi connectivity index (χ3v) is 7.31. The standard InChI is InChI=1S/C15H31N3O3SSi/c1-5-9-11-14-16-15(18-17-14)22-12-10-13-23(19-6-2,20-7-3)21-8-4/h5-13H2,1-4H3,(H,16,17,18). The molecule has 23 heavy (non-hydrogen) atoms. The van der Waals surface area contributed by atoms with Crippen LogP contribution >= 0.6 is 11.8 Å². The van der Waals surface area contributed by atoms with Gasteiger partial charge in [0.2, 0.25) is 5.16 Å². The van der Waals surface area contributed by atoms with Crippen LogP contribution in [0.2, 0.25) is 6.04 Å². The smallest absolute Gasteiger partial charge is 0.374 e. The maximum absolute atomic E-state index is 5.86. The number of H-pyrrole nitrogens is 1. The Morgan fingerprint density at radius 2 is 1.65 bits per heavy atom. The molecule has 0 unspecified atom stereocenters. The Balaban J connectivity index is 2.38. The van der Waals surface area contributed by atoms with E-state index in [9.17, 15) is 0 Å². The molecule has 1 aromatic rings. The van der Waals surface area contributed by atoms with Crippen molar-refractivity contribution < 1.29 is 13.3 Å². The Kier molecular flexibility index (Phi) is 10.8. The first-order valence-electron chi connectivity index (χ1n) is 8.65. The van der Waals surface area contributed by atoms with Crippen molar-refractivity contribution in [2.24, 2.45) is 0 Å². The number of rotatable bonds is 14. The van der Waals surface area contributed by atoms with E-state index in [-0.39, 0.29) is 0 Å². The van der Waals surface area contributed by atoms with E-state index >= 15 is 0 Å². The second-order valence-corrected chi connectivity index (χ2v) is 8.90. The second kappa shape index (κ2) is 12.0. The van der Waals surface area contributed by atoms with Gasteiger partial charge in [-0.15, -0.1) is 5.10 Å². The van der Waals surface area contributed by atoms with Gasteiger partial charge in [0.1, 0.15) is 5.82 Å². The van der Waals surface area contributed by atoms with Gasteiger partial charge in [0.25, 0.3) is 0 Å². The summed E-state index contributed by atoms with van der Waals surface area (Å²) < 4.78 is 17.6. The molecule has 0 fully saturated rings. The van der Waals surface area contributed by atoms with Crippen LogP contribution in [0.5, 0.6) is 0 Å². The summed E-state index contributed by atoms with van der Waals surface area (Å²) in [5.74, 6) is 1.92. The molecule has 0 saturated heterocycles. The molecule has 6 nitrogen and oxygen atoms in total. The van der Waals surface area contributed by atoms with Gasteiger partial charge in [-0.05, 0) is 33.6 Å². The lowest BCUT2D eigenvalue weighted by molar-refractivity contribution is 0.0712. The van der Waals surface area contributed by atoms with E-state index in [1.807, 2.05) is 20.8 Å². The van der Waals surface area contributed by atoms with Gasteiger partial charge >= 0.3 is 8.80 Å². The molecule has 0 aliphatic heterocycles. The van der Waals surface area contributed by atoms with E-state index in [0.717, 1.165) is 42.0 Å². The summed E-state index contributed by atoms with van der Waals surface area (Å²) in [5, 5.41) is 8.09. The van der Waals surface area contributed by atoms with Crippen LogP contribution in [0.25, 0.3) is 0 Å². The van der Waals surface area contributed by atoms with Crippen molar-refractivity contribution in [1.29, 1.82) is 0 Å². The normalized spacial score (nSPS) is 12.0. The average molecular weight is 362 g/mol. The number of unbranched alkanes of at least 4 members (excludes halogenated alkanes) is 1. The lowest BCUT2D eigenvalue weighted by atomic mass is 10.2. The van der Waals surface area contributed by atoms with E-state index in [1.165, 1.54) is 6.42 Å². The monoisotopic (exact) mass is 361 g/mol. The molecule has 1 aromatic heterocycles. The van der Waals surface area contributed by atoms with Crippen molar-refractivity contribution >= 4 is 20.6 Å². The van der Waals surface area contributed by atoms with Gasteiger partial charge in [0, 0.05) is 38.0 Å². The topological polar surface area (TPSA) is 69.3 Å². The highest BCUT2D eigenvalue weighted by atomic mass is 32.2. The van der Waals surface area contributed by atoms with E-state index in [1.54, 1.807) is 11.8 Å². The zero-order valence-corrected chi connectivity index (χ0v) is 16.7. The van der Waals surface area contributed by atoms with Gasteiger partial charge in [0.05, 0.1) is 0 Å². The van der Waals surface area contributed by atoms with E-state index < -0.39 is 8.80 Å². The summed E-state index contributed by atoms with van der Waals surface area (Å²) in [6, 6.07) is 0.836. The molecule has 1 heterocycles. The molecule has 0 aliphatic carbocycles. The van der Waals surface area contributed by atoms with Crippen LogP contribution in [0.4, 0.5) is 0 Å². The molecule has 0 bridgehead atoms. The molecule has 0 spiro atoms. The van der Waals surface area contributed by atoms with Crippen molar-refractivity contribution in [3.63, 3.8) is 0 Å². The number of nitrogens with zero attached hydrogens (tertiary/aromatic N) is 2. The number of aromatic amines is 1. The van der Waals surface area contributed by atoms with Gasteiger partial charge in [-0.2, -0.15) is 0 Å². The molecule has 0 aromatic carbocycles. The van der Waals surface area contributed by atoms with Gasteiger partial charge < -0.3 is 13.3 Å². The predicted molar refractivity (Wildman–Crippen MR) is 95.8 cm³/mol. The summed E-state index contributed by atoms with van der Waals surface area (Å²) >= 11 is 1.67. The molecule has 0 saturated carbocycles. The van der Waals surface area contributed by atoms with E-state index in [2.05, 4.69) is 22.1 Å². The second-order valence-electron chi connectivity index (χ2n) is 5.10. The SMILES string of the molecule is CCCCc1nc(SCCC[Si](OCC)(OCC)OCC)n[nH]1. The molecular weight excluding hydrogens is 330 g/mol. The Hall–Kier alpha value is -0.413. The van der Waals surface area contributed by atoms with Gasteiger partial charge in [0.15, 0.2) is 0 Å². The van der Waals surface area contributed by atoms with Crippen LogP contribution in [-0.2, 0) is 19.7 Å². The largest absolute Gasteiger partial charge is 0.500 e. The van der Waals surface area contributed by atoms with Crippen LogP contribution in [0.1, 0.15) is 52.8 Å². The third-order valence-electron chi connectivity index (χ3n) is 3.23. The number of nitrogens with one attached hydrogen (secondary N) is 1. The molecule has 0 radical (unpaired) electrons. The van der Waals surface area contributed by atoms with Crippen LogP contribution in [0.3, 0.4) is 0 Å². The molecule has 0 amide bonds. The molecule has 0 atom stereocenters. The van der Waals surface area contributed by atoms with Crippen molar-refractivity contribution in [3.05, 3.63) is 5.82 Å². The summed E-state index contributed by atoms with van der Waals surface area (Å²) in [4.78, 5) is 4.50. The fourth-order valence-corrected chi connectivity index (χ4v) is 5.88. The highest BCUT2D eigenvalue weighted by Crippen LogP contribution is 2.22. The molecular formula is C15H31N3O3SSi. The average Bonchev–Trinajstić information content (AvgIpc) is 2.98. The van der Waals surface area contributed by atoms with Gasteiger partial charge in [-0.3, -0.25) is 5.10 Å². The molecule has 8 heteroatoms. The lowest BCUT2D eigenvalue weighted by Gasteiger charge is -2.28. The number of thioether (sulfide) groups is 1. The van der Waals surface area contributed by atoms with Crippen LogP contribution in [0, 0.1) is 0 Å². The zero-order valence-electron chi connectivity index (χ0n) is 14.9. The summed E-state index contributed by atoms with van der Waals surface area (Å²) in [7, 11) is -2.51. The highest BCUT2D eigenvalue weighted by Gasteiger charge is 2.39. The first-order valence-corrected chi connectivity index (χ1v) is 11.6. The maximum atomic E-state index is 5.86. The Bertz CT molecular complexity index is 403. The Morgan fingerprint density at radius 3 is 2.22 bits per heavy atom. The van der Waals surface area contributed by atoms with E-state index in [4.69, 9.17) is 13.3 Å². The third kappa shape index (κ3) is 7.80. The Morgan fingerprint density at radius 1 is 1.00 bits per heavy atom. The predicted octanol–water partition coefficient (Wildman–Crippen LogP) is 3.68. The highest BCUT2D eigenvalue weighted by molar-refractivity contribution is 7.99. The summed E-state index contributed by atoms with van der Waals surface area (Å²) in [6.07, 6.45) is 4.25. The maximum Gasteiger partial charge on any atom is 0.500 e. The minimum atomic E-state index is -2.51. The molecule has 1 rings (SSSR count). The minimum absolute atomic E-state index is 0.626.